The zero-order valence-corrected chi connectivity index (χ0v) is 14.5. The van der Waals surface area contributed by atoms with Crippen molar-refractivity contribution in [2.24, 2.45) is 11.3 Å². The number of nitrogens with one attached hydrogen (secondary N) is 1. The molecule has 5 heteroatoms. The minimum atomic E-state index is 0.0361. The highest BCUT2D eigenvalue weighted by Gasteiger charge is 2.52. The van der Waals surface area contributed by atoms with E-state index in [-0.39, 0.29) is 41.8 Å². The first-order valence-corrected chi connectivity index (χ1v) is 9.18. The van der Waals surface area contributed by atoms with Crippen molar-refractivity contribution in [2.75, 3.05) is 19.7 Å². The van der Waals surface area contributed by atoms with Crippen LogP contribution in [0.3, 0.4) is 0 Å². The summed E-state index contributed by atoms with van der Waals surface area (Å²) in [6.07, 6.45) is 7.71. The summed E-state index contributed by atoms with van der Waals surface area (Å²) in [5, 5.41) is 2.87. The number of likely N-dealkylation sites (tertiary alicyclic amines) is 1. The molecule has 0 spiro atoms. The Morgan fingerprint density at radius 1 is 1.13 bits per heavy atom. The first kappa shape index (κ1) is 16.7. The van der Waals surface area contributed by atoms with Gasteiger partial charge in [0.15, 0.2) is 0 Å². The van der Waals surface area contributed by atoms with Gasteiger partial charge >= 0.3 is 0 Å². The van der Waals surface area contributed by atoms with E-state index in [1.54, 1.807) is 0 Å². The van der Waals surface area contributed by atoms with Crippen molar-refractivity contribution in [3.8, 4) is 0 Å². The van der Waals surface area contributed by atoms with Crippen LogP contribution >= 0.6 is 0 Å². The normalized spacial score (nSPS) is 30.8. The van der Waals surface area contributed by atoms with Crippen LogP contribution in [-0.2, 0) is 14.3 Å². The minimum Gasteiger partial charge on any atom is -0.376 e. The molecular formula is C18H30N2O3. The fraction of sp³-hybridized carbons (Fsp3) is 0.889. The molecule has 2 amide bonds. The fourth-order valence-corrected chi connectivity index (χ4v) is 4.51. The summed E-state index contributed by atoms with van der Waals surface area (Å²) in [6.45, 7) is 6.09. The molecule has 3 aliphatic rings. The molecule has 1 saturated carbocycles. The Morgan fingerprint density at radius 2 is 1.87 bits per heavy atom. The van der Waals surface area contributed by atoms with Crippen LogP contribution in [0.15, 0.2) is 0 Å². The fourth-order valence-electron chi connectivity index (χ4n) is 4.51. The molecule has 0 aromatic heterocycles. The van der Waals surface area contributed by atoms with Crippen LogP contribution in [0.1, 0.15) is 58.8 Å². The Bertz CT molecular complexity index is 451. The maximum atomic E-state index is 12.5. The highest BCUT2D eigenvalue weighted by Crippen LogP contribution is 2.42. The van der Waals surface area contributed by atoms with Crippen molar-refractivity contribution >= 4 is 11.8 Å². The standard InChI is InChI=1S/C18H30N2O3/c1-18(2)12-20(16(18)14-9-6-10-23-14)15(21)11-19-17(22)13-7-4-3-5-8-13/h13-14,16H,3-12H2,1-2H3,(H,19,22). The van der Waals surface area contributed by atoms with Gasteiger partial charge in [0.2, 0.25) is 11.8 Å². The van der Waals surface area contributed by atoms with Gasteiger partial charge < -0.3 is 15.0 Å². The summed E-state index contributed by atoms with van der Waals surface area (Å²) in [7, 11) is 0. The second kappa shape index (κ2) is 6.80. The van der Waals surface area contributed by atoms with Gasteiger partial charge in [-0.05, 0) is 25.7 Å². The number of carbonyl (C=O) groups excluding carboxylic acids is 2. The Kier molecular flexibility index (Phi) is 4.95. The van der Waals surface area contributed by atoms with E-state index in [1.165, 1.54) is 6.42 Å². The molecule has 3 rings (SSSR count). The van der Waals surface area contributed by atoms with Crippen LogP contribution in [0.4, 0.5) is 0 Å². The topological polar surface area (TPSA) is 58.6 Å². The van der Waals surface area contributed by atoms with Gasteiger partial charge in [-0.2, -0.15) is 0 Å². The number of hydrogen-bond donors (Lipinski definition) is 1. The van der Waals surface area contributed by atoms with E-state index in [0.717, 1.165) is 51.7 Å². The monoisotopic (exact) mass is 322 g/mol. The first-order chi connectivity index (χ1) is 11.0. The molecule has 0 aromatic rings. The van der Waals surface area contributed by atoms with Crippen LogP contribution in [0, 0.1) is 11.3 Å². The molecule has 2 saturated heterocycles. The van der Waals surface area contributed by atoms with Crippen molar-refractivity contribution in [3.05, 3.63) is 0 Å². The third kappa shape index (κ3) is 3.54. The lowest BCUT2D eigenvalue weighted by atomic mass is 9.71. The number of carbonyl (C=O) groups is 2. The Morgan fingerprint density at radius 3 is 2.48 bits per heavy atom. The molecule has 5 nitrogen and oxygen atoms in total. The number of nitrogens with zero attached hydrogens (tertiary/aromatic N) is 1. The van der Waals surface area contributed by atoms with Gasteiger partial charge in [0.1, 0.15) is 0 Å². The van der Waals surface area contributed by atoms with Gasteiger partial charge in [-0.15, -0.1) is 0 Å². The summed E-state index contributed by atoms with van der Waals surface area (Å²) < 4.78 is 5.81. The lowest BCUT2D eigenvalue weighted by molar-refractivity contribution is -0.163. The summed E-state index contributed by atoms with van der Waals surface area (Å²) >= 11 is 0. The molecule has 2 unspecified atom stereocenters. The van der Waals surface area contributed by atoms with E-state index < -0.39 is 0 Å². The van der Waals surface area contributed by atoms with Gasteiger partial charge in [-0.25, -0.2) is 0 Å². The zero-order valence-electron chi connectivity index (χ0n) is 14.5. The number of hydrogen-bond acceptors (Lipinski definition) is 3. The predicted octanol–water partition coefficient (Wildman–Crippen LogP) is 2.10. The van der Waals surface area contributed by atoms with E-state index in [1.807, 2.05) is 4.90 Å². The van der Waals surface area contributed by atoms with Gasteiger partial charge in [0.25, 0.3) is 0 Å². The van der Waals surface area contributed by atoms with Crippen LogP contribution < -0.4 is 5.32 Å². The van der Waals surface area contributed by atoms with Crippen molar-refractivity contribution < 1.29 is 14.3 Å². The third-order valence-electron chi connectivity index (χ3n) is 5.74. The van der Waals surface area contributed by atoms with E-state index >= 15 is 0 Å². The largest absolute Gasteiger partial charge is 0.376 e. The molecule has 130 valence electrons. The lowest BCUT2D eigenvalue weighted by Crippen LogP contribution is -2.69. The van der Waals surface area contributed by atoms with Gasteiger partial charge in [-0.3, -0.25) is 9.59 Å². The van der Waals surface area contributed by atoms with Crippen LogP contribution in [0.2, 0.25) is 0 Å². The van der Waals surface area contributed by atoms with Gasteiger partial charge in [0, 0.05) is 24.5 Å². The molecule has 2 aliphatic heterocycles. The average Bonchev–Trinajstić information content (AvgIpc) is 3.04. The lowest BCUT2D eigenvalue weighted by Gasteiger charge is -2.56. The van der Waals surface area contributed by atoms with Crippen molar-refractivity contribution in [1.29, 1.82) is 0 Å². The van der Waals surface area contributed by atoms with Gasteiger partial charge in [-0.1, -0.05) is 33.1 Å². The molecule has 2 heterocycles. The first-order valence-electron chi connectivity index (χ1n) is 9.18. The summed E-state index contributed by atoms with van der Waals surface area (Å²) in [4.78, 5) is 26.6. The molecular weight excluding hydrogens is 292 g/mol. The maximum Gasteiger partial charge on any atom is 0.242 e. The summed E-state index contributed by atoms with van der Waals surface area (Å²) in [5.41, 5.74) is 0.109. The van der Waals surface area contributed by atoms with Crippen molar-refractivity contribution in [1.82, 2.24) is 10.2 Å². The number of ether oxygens (including phenoxy) is 1. The number of amides is 2. The SMILES string of the molecule is CC1(C)CN(C(=O)CNC(=O)C2CCCCC2)C1C1CCCO1. The molecule has 0 bridgehead atoms. The second-order valence-electron chi connectivity index (χ2n) is 8.06. The zero-order chi connectivity index (χ0) is 16.4. The number of rotatable bonds is 4. The van der Waals surface area contributed by atoms with Crippen molar-refractivity contribution in [3.63, 3.8) is 0 Å². The van der Waals surface area contributed by atoms with Crippen LogP contribution in [0.25, 0.3) is 0 Å². The average molecular weight is 322 g/mol. The summed E-state index contributed by atoms with van der Waals surface area (Å²) in [5.74, 6) is 0.207. The highest BCUT2D eigenvalue weighted by atomic mass is 16.5. The second-order valence-corrected chi connectivity index (χ2v) is 8.06. The Balaban J connectivity index is 1.50. The van der Waals surface area contributed by atoms with Crippen molar-refractivity contribution in [2.45, 2.75) is 70.9 Å². The van der Waals surface area contributed by atoms with E-state index in [2.05, 4.69) is 19.2 Å². The molecule has 1 N–H and O–H groups in total. The molecule has 3 fully saturated rings. The van der Waals surface area contributed by atoms with E-state index in [9.17, 15) is 9.59 Å². The van der Waals surface area contributed by atoms with Gasteiger partial charge in [0.05, 0.1) is 18.7 Å². The molecule has 1 aliphatic carbocycles. The Hall–Kier alpha value is -1.10. The third-order valence-corrected chi connectivity index (χ3v) is 5.74. The predicted molar refractivity (Wildman–Crippen MR) is 87.8 cm³/mol. The molecule has 2 atom stereocenters. The quantitative estimate of drug-likeness (QED) is 0.862. The molecule has 0 aromatic carbocycles. The molecule has 23 heavy (non-hydrogen) atoms. The summed E-state index contributed by atoms with van der Waals surface area (Å²) in [6, 6.07) is 0.157. The maximum absolute atomic E-state index is 12.5. The minimum absolute atomic E-state index is 0.0361. The van der Waals surface area contributed by atoms with E-state index in [4.69, 9.17) is 4.74 Å². The highest BCUT2D eigenvalue weighted by molar-refractivity contribution is 5.86. The van der Waals surface area contributed by atoms with E-state index in [0.29, 0.717) is 0 Å². The van der Waals surface area contributed by atoms with Crippen LogP contribution in [-0.4, -0.2) is 48.6 Å². The Labute approximate surface area is 139 Å². The van der Waals surface area contributed by atoms with Crippen LogP contribution in [0.5, 0.6) is 0 Å². The molecule has 0 radical (unpaired) electrons. The smallest absolute Gasteiger partial charge is 0.242 e.